The van der Waals surface area contributed by atoms with Crippen LogP contribution in [-0.2, 0) is 24.2 Å². The van der Waals surface area contributed by atoms with Crippen LogP contribution < -0.4 is 5.32 Å². The lowest BCUT2D eigenvalue weighted by atomic mass is 9.82. The van der Waals surface area contributed by atoms with Crippen LogP contribution in [0.2, 0.25) is 0 Å². The molecule has 1 atom stereocenters. The molecule has 1 amide bonds. The van der Waals surface area contributed by atoms with Gasteiger partial charge in [-0.25, -0.2) is 4.79 Å². The molecule has 1 heterocycles. The zero-order valence-corrected chi connectivity index (χ0v) is 12.7. The van der Waals surface area contributed by atoms with Crippen LogP contribution in [0, 0.1) is 5.92 Å². The average molecular weight is 313 g/mol. The van der Waals surface area contributed by atoms with Crippen LogP contribution in [0.15, 0.2) is 40.8 Å². The van der Waals surface area contributed by atoms with Gasteiger partial charge in [0.15, 0.2) is 0 Å². The maximum absolute atomic E-state index is 12.1. The number of benzene rings is 1. The first kappa shape index (κ1) is 15.3. The second-order valence-electron chi connectivity index (χ2n) is 5.93. The summed E-state index contributed by atoms with van der Waals surface area (Å²) in [5.74, 6) is -0.440. The predicted molar refractivity (Wildman–Crippen MR) is 84.1 cm³/mol. The number of fused-ring (bicyclic) bond motifs is 1. The third kappa shape index (κ3) is 3.80. The summed E-state index contributed by atoms with van der Waals surface area (Å²) < 4.78 is 5.12. The minimum Gasteiger partial charge on any atom is -0.475 e. The maximum Gasteiger partial charge on any atom is 0.371 e. The summed E-state index contributed by atoms with van der Waals surface area (Å²) in [7, 11) is 0. The number of hydrogen-bond donors (Lipinski definition) is 2. The van der Waals surface area contributed by atoms with E-state index in [1.54, 1.807) is 6.07 Å². The van der Waals surface area contributed by atoms with Crippen molar-refractivity contribution in [2.75, 3.05) is 0 Å². The number of carbonyl (C=O) groups excluding carboxylic acids is 1. The molecule has 0 spiro atoms. The van der Waals surface area contributed by atoms with Crippen molar-refractivity contribution in [1.29, 1.82) is 0 Å². The second kappa shape index (κ2) is 6.69. The van der Waals surface area contributed by atoms with E-state index >= 15 is 0 Å². The molecular weight excluding hydrogens is 294 g/mol. The van der Waals surface area contributed by atoms with Crippen molar-refractivity contribution in [2.45, 2.75) is 32.2 Å². The maximum atomic E-state index is 12.1. The number of rotatable bonds is 5. The van der Waals surface area contributed by atoms with Gasteiger partial charge in [-0.2, -0.15) is 0 Å². The van der Waals surface area contributed by atoms with Crippen molar-refractivity contribution in [2.24, 2.45) is 5.92 Å². The molecule has 0 fully saturated rings. The molecule has 3 rings (SSSR count). The highest BCUT2D eigenvalue weighted by Gasteiger charge is 2.20. The van der Waals surface area contributed by atoms with Crippen LogP contribution in [0.5, 0.6) is 0 Å². The molecule has 1 aromatic heterocycles. The van der Waals surface area contributed by atoms with Crippen molar-refractivity contribution >= 4 is 11.9 Å². The van der Waals surface area contributed by atoms with E-state index in [0.29, 0.717) is 18.1 Å². The van der Waals surface area contributed by atoms with Crippen molar-refractivity contribution in [3.05, 3.63) is 59.0 Å². The highest BCUT2D eigenvalue weighted by atomic mass is 16.4. The van der Waals surface area contributed by atoms with Crippen LogP contribution in [0.3, 0.4) is 0 Å². The Hall–Kier alpha value is -2.56. The minimum absolute atomic E-state index is 0.0253. The fourth-order valence-electron chi connectivity index (χ4n) is 3.06. The summed E-state index contributed by atoms with van der Waals surface area (Å²) in [6.07, 6.45) is 3.47. The predicted octanol–water partition coefficient (Wildman–Crippen LogP) is 2.79. The third-order valence-electron chi connectivity index (χ3n) is 4.26. The molecule has 1 unspecified atom stereocenters. The number of furan rings is 1. The Morgan fingerprint density at radius 3 is 2.70 bits per heavy atom. The van der Waals surface area contributed by atoms with E-state index < -0.39 is 5.97 Å². The second-order valence-corrected chi connectivity index (χ2v) is 5.93. The summed E-state index contributed by atoms with van der Waals surface area (Å²) in [5.41, 5.74) is 2.73. The van der Waals surface area contributed by atoms with E-state index in [2.05, 4.69) is 23.5 Å². The Morgan fingerprint density at radius 1 is 1.17 bits per heavy atom. The summed E-state index contributed by atoms with van der Waals surface area (Å²) in [5, 5.41) is 11.6. The van der Waals surface area contributed by atoms with Crippen molar-refractivity contribution in [3.63, 3.8) is 0 Å². The van der Waals surface area contributed by atoms with Crippen LogP contribution >= 0.6 is 0 Å². The van der Waals surface area contributed by atoms with Gasteiger partial charge in [0.2, 0.25) is 11.7 Å². The van der Waals surface area contributed by atoms with Crippen molar-refractivity contribution in [3.8, 4) is 0 Å². The van der Waals surface area contributed by atoms with Gasteiger partial charge in [-0.15, -0.1) is 0 Å². The van der Waals surface area contributed by atoms with Gasteiger partial charge in [0.05, 0.1) is 6.54 Å². The first-order valence-electron chi connectivity index (χ1n) is 7.77. The number of amides is 1. The fourth-order valence-corrected chi connectivity index (χ4v) is 3.06. The molecule has 2 N–H and O–H groups in total. The first-order chi connectivity index (χ1) is 11.1. The number of aromatic carboxylic acids is 1. The molecule has 1 aliphatic carbocycles. The number of nitrogens with one attached hydrogen (secondary N) is 1. The van der Waals surface area contributed by atoms with Gasteiger partial charge in [0.25, 0.3) is 0 Å². The molecule has 2 aromatic rings. The molecule has 1 aromatic carbocycles. The fraction of sp³-hybridized carbons (Fsp3) is 0.333. The molecule has 0 saturated carbocycles. The van der Waals surface area contributed by atoms with E-state index in [1.165, 1.54) is 17.2 Å². The lowest BCUT2D eigenvalue weighted by molar-refractivity contribution is -0.122. The average Bonchev–Trinajstić information content (AvgIpc) is 3.02. The normalized spacial score (nSPS) is 16.6. The molecular formula is C18H19NO4. The monoisotopic (exact) mass is 313 g/mol. The summed E-state index contributed by atoms with van der Waals surface area (Å²) in [6.45, 7) is 0.218. The van der Waals surface area contributed by atoms with E-state index in [1.807, 2.05) is 6.07 Å². The topological polar surface area (TPSA) is 79.5 Å². The van der Waals surface area contributed by atoms with Gasteiger partial charge in [-0.1, -0.05) is 24.3 Å². The summed E-state index contributed by atoms with van der Waals surface area (Å²) in [4.78, 5) is 22.8. The number of carbonyl (C=O) groups is 2. The van der Waals surface area contributed by atoms with Crippen LogP contribution in [0.1, 0.15) is 40.3 Å². The standard InChI is InChI=1S/C18H19NO4/c20-17(19-11-15-7-8-16(23-15)18(21)22)10-12-5-6-13-3-1-2-4-14(13)9-12/h1-4,7-8,12H,5-6,9-11H2,(H,19,20)(H,21,22). The zero-order chi connectivity index (χ0) is 16.2. The molecule has 0 bridgehead atoms. The van der Waals surface area contributed by atoms with Crippen LogP contribution in [-0.4, -0.2) is 17.0 Å². The highest BCUT2D eigenvalue weighted by Crippen LogP contribution is 2.27. The van der Waals surface area contributed by atoms with E-state index in [4.69, 9.17) is 9.52 Å². The molecule has 1 aliphatic rings. The van der Waals surface area contributed by atoms with Gasteiger partial charge in [0.1, 0.15) is 5.76 Å². The molecule has 23 heavy (non-hydrogen) atoms. The third-order valence-corrected chi connectivity index (χ3v) is 4.26. The molecule has 5 nitrogen and oxygen atoms in total. The molecule has 0 aliphatic heterocycles. The SMILES string of the molecule is O=C(CC1CCc2ccccc2C1)NCc1ccc(C(=O)O)o1. The van der Waals surface area contributed by atoms with Gasteiger partial charge in [-0.3, -0.25) is 4.79 Å². The Bertz CT molecular complexity index is 719. The van der Waals surface area contributed by atoms with Gasteiger partial charge in [-0.05, 0) is 48.4 Å². The number of carboxylic acid groups (broad SMARTS) is 1. The van der Waals surface area contributed by atoms with E-state index in [0.717, 1.165) is 19.3 Å². The Balaban J connectivity index is 1.49. The Kier molecular flexibility index (Phi) is 4.46. The number of aryl methyl sites for hydroxylation is 1. The van der Waals surface area contributed by atoms with Crippen molar-refractivity contribution in [1.82, 2.24) is 5.32 Å². The van der Waals surface area contributed by atoms with Crippen LogP contribution in [0.4, 0.5) is 0 Å². The summed E-state index contributed by atoms with van der Waals surface area (Å²) >= 11 is 0. The molecule has 0 radical (unpaired) electrons. The van der Waals surface area contributed by atoms with Gasteiger partial charge in [0, 0.05) is 6.42 Å². The first-order valence-corrected chi connectivity index (χ1v) is 7.77. The molecule has 5 heteroatoms. The van der Waals surface area contributed by atoms with E-state index in [9.17, 15) is 9.59 Å². The van der Waals surface area contributed by atoms with Gasteiger partial charge < -0.3 is 14.8 Å². The quantitative estimate of drug-likeness (QED) is 0.889. The van der Waals surface area contributed by atoms with Gasteiger partial charge >= 0.3 is 5.97 Å². The van der Waals surface area contributed by atoms with Crippen LogP contribution in [0.25, 0.3) is 0 Å². The molecule has 0 saturated heterocycles. The lowest BCUT2D eigenvalue weighted by Crippen LogP contribution is -2.27. The number of hydrogen-bond acceptors (Lipinski definition) is 3. The highest BCUT2D eigenvalue weighted by molar-refractivity contribution is 5.84. The van der Waals surface area contributed by atoms with E-state index in [-0.39, 0.29) is 18.2 Å². The molecule has 120 valence electrons. The van der Waals surface area contributed by atoms with Crippen molar-refractivity contribution < 1.29 is 19.1 Å². The Labute approximate surface area is 134 Å². The zero-order valence-electron chi connectivity index (χ0n) is 12.7. The lowest BCUT2D eigenvalue weighted by Gasteiger charge is -2.24. The minimum atomic E-state index is -1.11. The largest absolute Gasteiger partial charge is 0.475 e. The summed E-state index contributed by atoms with van der Waals surface area (Å²) in [6, 6.07) is 11.3. The Morgan fingerprint density at radius 2 is 1.96 bits per heavy atom. The smallest absolute Gasteiger partial charge is 0.371 e. The number of carboxylic acids is 1.